The van der Waals surface area contributed by atoms with Crippen LogP contribution < -0.4 is 0 Å². The summed E-state index contributed by atoms with van der Waals surface area (Å²) in [6.07, 6.45) is 44.6. The van der Waals surface area contributed by atoms with E-state index < -0.39 is 0 Å². The van der Waals surface area contributed by atoms with E-state index in [2.05, 4.69) is 166 Å². The minimum atomic E-state index is -0.228. The number of terminal acetylenes is 2. The van der Waals surface area contributed by atoms with Crippen molar-refractivity contribution in [3.05, 3.63) is 130 Å². The largest absolute Gasteiger partial charge is 0.458 e. The van der Waals surface area contributed by atoms with Gasteiger partial charge < -0.3 is 9.47 Å². The Morgan fingerprint density at radius 2 is 0.944 bits per heavy atom. The van der Waals surface area contributed by atoms with Gasteiger partial charge in [0, 0.05) is 12.8 Å². The molecule has 0 radical (unpaired) electrons. The van der Waals surface area contributed by atoms with Crippen molar-refractivity contribution in [3.63, 3.8) is 0 Å². The van der Waals surface area contributed by atoms with E-state index in [1.807, 2.05) is 0 Å². The first-order valence-electron chi connectivity index (χ1n) is 19.3. The fourth-order valence-electron chi connectivity index (χ4n) is 6.66. The number of rotatable bonds is 16. The molecule has 54 heavy (non-hydrogen) atoms. The highest BCUT2D eigenvalue weighted by Gasteiger charge is 2.34. The van der Waals surface area contributed by atoms with Crippen LogP contribution in [0, 0.1) is 35.5 Å². The zero-order valence-corrected chi connectivity index (χ0v) is 34.7. The molecule has 4 heteroatoms. The van der Waals surface area contributed by atoms with Gasteiger partial charge in [-0.05, 0) is 100 Å². The molecule has 0 aromatic rings. The molecular formula is C50H64O4. The molecule has 4 nitrogen and oxygen atoms in total. The Bertz CT molecular complexity index is 1640. The second kappa shape index (κ2) is 22.4. The highest BCUT2D eigenvalue weighted by molar-refractivity contribution is 5.70. The summed E-state index contributed by atoms with van der Waals surface area (Å²) in [5.74, 6) is 4.56. The summed E-state index contributed by atoms with van der Waals surface area (Å²) < 4.78 is 11.5. The van der Waals surface area contributed by atoms with E-state index in [-0.39, 0.29) is 47.8 Å². The number of esters is 2. The van der Waals surface area contributed by atoms with Crippen LogP contribution in [0.4, 0.5) is 0 Å². The Morgan fingerprint density at radius 3 is 1.30 bits per heavy atom. The number of carbonyl (C=O) groups excluding carboxylic acids is 2. The summed E-state index contributed by atoms with van der Waals surface area (Å²) in [4.78, 5) is 24.4. The molecule has 288 valence electrons. The molecule has 2 aliphatic carbocycles. The predicted molar refractivity (Wildman–Crippen MR) is 228 cm³/mol. The van der Waals surface area contributed by atoms with E-state index in [1.54, 1.807) is 0 Å². The first-order valence-corrected chi connectivity index (χ1v) is 19.3. The van der Waals surface area contributed by atoms with Gasteiger partial charge in [-0.1, -0.05) is 135 Å². The van der Waals surface area contributed by atoms with Crippen molar-refractivity contribution < 1.29 is 19.1 Å². The van der Waals surface area contributed by atoms with E-state index in [0.29, 0.717) is 12.8 Å². The lowest BCUT2D eigenvalue weighted by atomic mass is 9.71. The van der Waals surface area contributed by atoms with Crippen LogP contribution in [0.25, 0.3) is 0 Å². The highest BCUT2D eigenvalue weighted by atomic mass is 16.5. The van der Waals surface area contributed by atoms with Gasteiger partial charge >= 0.3 is 11.9 Å². The van der Waals surface area contributed by atoms with Gasteiger partial charge in [-0.3, -0.25) is 9.59 Å². The summed E-state index contributed by atoms with van der Waals surface area (Å²) in [6.45, 7) is 21.5. The highest BCUT2D eigenvalue weighted by Crippen LogP contribution is 2.43. The average Bonchev–Trinajstić information content (AvgIpc) is 3.10. The molecule has 0 aromatic carbocycles. The standard InChI is InChI=1S/C50H64O4/c1-13-15-27-47(51)53-45-33-35-49(9,10)43(41(45)7)31-29-39(5)25-19-23-37(3)21-17-18-22-38(4)24-20-26-40(6)30-32-44-42(8)46(34-36-50(44,11)12)54-48(52)28-16-14-2/h1-2,17-26,29-32,45-46H,15-16,27-28,33-36H2,3-12H3/b18-17+,23-19+,24-20+,31-29+,32-30+,37-21+,38-22+,39-25+,40-26+. The van der Waals surface area contributed by atoms with E-state index in [4.69, 9.17) is 22.3 Å². The van der Waals surface area contributed by atoms with Crippen molar-refractivity contribution in [3.8, 4) is 24.7 Å². The van der Waals surface area contributed by atoms with Crippen molar-refractivity contribution in [2.45, 2.75) is 133 Å². The summed E-state index contributed by atoms with van der Waals surface area (Å²) in [5, 5.41) is 0. The van der Waals surface area contributed by atoms with Crippen LogP contribution in [-0.2, 0) is 19.1 Å². The van der Waals surface area contributed by atoms with Crippen LogP contribution in [0.2, 0.25) is 0 Å². The van der Waals surface area contributed by atoms with E-state index >= 15 is 0 Å². The van der Waals surface area contributed by atoms with Crippen molar-refractivity contribution in [2.75, 3.05) is 0 Å². The second-order valence-electron chi connectivity index (χ2n) is 15.8. The van der Waals surface area contributed by atoms with Crippen LogP contribution in [0.5, 0.6) is 0 Å². The first-order chi connectivity index (χ1) is 25.5. The number of hydrogen-bond acceptors (Lipinski definition) is 4. The number of carbonyl (C=O) groups is 2. The second-order valence-corrected chi connectivity index (χ2v) is 15.8. The van der Waals surface area contributed by atoms with Gasteiger partial charge in [0.2, 0.25) is 0 Å². The molecule has 0 aliphatic heterocycles. The Hall–Kier alpha value is -4.80. The molecule has 0 saturated heterocycles. The maximum atomic E-state index is 12.2. The lowest BCUT2D eigenvalue weighted by Crippen LogP contribution is -2.30. The lowest BCUT2D eigenvalue weighted by molar-refractivity contribution is -0.149. The van der Waals surface area contributed by atoms with Gasteiger partial charge in [-0.2, -0.15) is 0 Å². The Balaban J connectivity index is 1.98. The number of allylic oxidation sites excluding steroid dienone is 20. The quantitative estimate of drug-likeness (QED) is 0.0902. The number of hydrogen-bond donors (Lipinski definition) is 0. The van der Waals surface area contributed by atoms with Crippen molar-refractivity contribution in [1.82, 2.24) is 0 Å². The molecule has 0 fully saturated rings. The monoisotopic (exact) mass is 728 g/mol. The van der Waals surface area contributed by atoms with Crippen LogP contribution in [0.3, 0.4) is 0 Å². The van der Waals surface area contributed by atoms with Crippen LogP contribution in [0.1, 0.15) is 121 Å². The minimum absolute atomic E-state index is 0.0123. The summed E-state index contributed by atoms with van der Waals surface area (Å²) >= 11 is 0. The third-order valence-electron chi connectivity index (χ3n) is 10.1. The third-order valence-corrected chi connectivity index (χ3v) is 10.1. The fourth-order valence-corrected chi connectivity index (χ4v) is 6.66. The van der Waals surface area contributed by atoms with E-state index in [1.165, 1.54) is 11.1 Å². The Labute approximate surface area is 328 Å². The van der Waals surface area contributed by atoms with Gasteiger partial charge in [0.15, 0.2) is 0 Å². The van der Waals surface area contributed by atoms with Gasteiger partial charge in [-0.15, -0.1) is 24.7 Å². The minimum Gasteiger partial charge on any atom is -0.458 e. The molecule has 0 saturated carbocycles. The average molecular weight is 729 g/mol. The molecule has 0 N–H and O–H groups in total. The van der Waals surface area contributed by atoms with Crippen molar-refractivity contribution in [2.24, 2.45) is 10.8 Å². The predicted octanol–water partition coefficient (Wildman–Crippen LogP) is 12.5. The SMILES string of the molecule is C#CCCC(=O)OC1CCC(C)(C)C(/C=C/C(C)=C/C=C/C(C)=C/C=C/C=C(C)/C=C/C=C(C)/C=C/C2=C(C)C(OC(=O)CCC#C)CCC2(C)C)=C1C. The van der Waals surface area contributed by atoms with E-state index in [9.17, 15) is 9.59 Å². The molecule has 0 heterocycles. The first kappa shape index (κ1) is 45.4. The molecule has 2 unspecified atom stereocenters. The summed E-state index contributed by atoms with van der Waals surface area (Å²) in [5.41, 5.74) is 9.27. The maximum absolute atomic E-state index is 12.2. The van der Waals surface area contributed by atoms with Gasteiger partial charge in [-0.25, -0.2) is 0 Å². The molecule has 2 aliphatic rings. The third kappa shape index (κ3) is 15.7. The summed E-state index contributed by atoms with van der Waals surface area (Å²) in [7, 11) is 0. The van der Waals surface area contributed by atoms with Crippen LogP contribution >= 0.6 is 0 Å². The Kier molecular flexibility index (Phi) is 18.8. The molecule has 0 amide bonds. The molecular weight excluding hydrogens is 665 g/mol. The van der Waals surface area contributed by atoms with Gasteiger partial charge in [0.05, 0.1) is 12.8 Å². The van der Waals surface area contributed by atoms with Gasteiger partial charge in [0.1, 0.15) is 12.2 Å². The maximum Gasteiger partial charge on any atom is 0.307 e. The molecule has 0 bridgehead atoms. The molecule has 2 rings (SSSR count). The smallest absolute Gasteiger partial charge is 0.307 e. The van der Waals surface area contributed by atoms with Crippen molar-refractivity contribution in [1.29, 1.82) is 0 Å². The van der Waals surface area contributed by atoms with E-state index in [0.717, 1.165) is 59.1 Å². The van der Waals surface area contributed by atoms with Gasteiger partial charge in [0.25, 0.3) is 0 Å². The molecule has 0 aromatic heterocycles. The fraction of sp³-hybridized carbons (Fsp3) is 0.440. The normalized spacial score (nSPS) is 21.5. The zero-order chi connectivity index (χ0) is 40.3. The zero-order valence-electron chi connectivity index (χ0n) is 34.7. The van der Waals surface area contributed by atoms with Crippen LogP contribution in [-0.4, -0.2) is 24.1 Å². The number of ether oxygens (including phenoxy) is 2. The molecule has 2 atom stereocenters. The topological polar surface area (TPSA) is 52.6 Å². The Morgan fingerprint density at radius 1 is 0.611 bits per heavy atom. The van der Waals surface area contributed by atoms with Crippen molar-refractivity contribution >= 4 is 11.9 Å². The lowest BCUT2D eigenvalue weighted by Gasteiger charge is -2.37. The summed E-state index contributed by atoms with van der Waals surface area (Å²) in [6, 6.07) is 0. The molecule has 0 spiro atoms. The van der Waals surface area contributed by atoms with Crippen LogP contribution in [0.15, 0.2) is 130 Å².